The minimum Gasteiger partial charge on any atom is -0.352 e. The van der Waals surface area contributed by atoms with Crippen LogP contribution in [0.5, 0.6) is 0 Å². The third-order valence-corrected chi connectivity index (χ3v) is 4.30. The van der Waals surface area contributed by atoms with E-state index in [2.05, 4.69) is 41.8 Å². The van der Waals surface area contributed by atoms with E-state index in [1.54, 1.807) is 24.3 Å². The molecule has 2 amide bonds. The molecular formula is C19H22N2O2S. The zero-order valence-corrected chi connectivity index (χ0v) is 14.8. The number of nitrogens with one attached hydrogen (secondary N) is 2. The van der Waals surface area contributed by atoms with Crippen molar-refractivity contribution in [3.05, 3.63) is 59.7 Å². The summed E-state index contributed by atoms with van der Waals surface area (Å²) in [6.07, 6.45) is 0.798. The van der Waals surface area contributed by atoms with Gasteiger partial charge in [-0.05, 0) is 54.1 Å². The molecule has 0 radical (unpaired) electrons. The Morgan fingerprint density at radius 3 is 2.25 bits per heavy atom. The molecule has 5 heteroatoms. The van der Waals surface area contributed by atoms with Crippen molar-refractivity contribution in [3.63, 3.8) is 0 Å². The van der Waals surface area contributed by atoms with Crippen molar-refractivity contribution in [2.75, 3.05) is 17.6 Å². The zero-order chi connectivity index (χ0) is 17.4. The number of amides is 2. The molecule has 0 spiro atoms. The molecule has 4 nitrogen and oxygen atoms in total. The third kappa shape index (κ3) is 5.74. The standard InChI is InChI=1S/C19H22N2O2S/c1-3-24-18-10-4-15(5-11-18)12-13-20-19(23)16-6-8-17(9-7-16)21-14(2)22/h4-11H,3,12-13H2,1-2H3,(H,20,23)(H,21,22). The first-order valence-corrected chi connectivity index (χ1v) is 8.94. The zero-order valence-electron chi connectivity index (χ0n) is 14.0. The molecule has 0 unspecified atom stereocenters. The average molecular weight is 342 g/mol. The molecule has 24 heavy (non-hydrogen) atoms. The molecule has 126 valence electrons. The lowest BCUT2D eigenvalue weighted by molar-refractivity contribution is -0.114. The van der Waals surface area contributed by atoms with Crippen LogP contribution in [0.15, 0.2) is 53.4 Å². The highest BCUT2D eigenvalue weighted by atomic mass is 32.2. The van der Waals surface area contributed by atoms with Crippen LogP contribution in [0.1, 0.15) is 29.8 Å². The number of rotatable bonds is 7. The summed E-state index contributed by atoms with van der Waals surface area (Å²) in [4.78, 5) is 24.3. The van der Waals surface area contributed by atoms with Gasteiger partial charge in [-0.1, -0.05) is 19.1 Å². The van der Waals surface area contributed by atoms with Crippen LogP contribution in [0.2, 0.25) is 0 Å². The largest absolute Gasteiger partial charge is 0.352 e. The van der Waals surface area contributed by atoms with E-state index in [0.717, 1.165) is 12.2 Å². The molecule has 2 N–H and O–H groups in total. The summed E-state index contributed by atoms with van der Waals surface area (Å²) in [5.74, 6) is 0.828. The van der Waals surface area contributed by atoms with Gasteiger partial charge in [0.25, 0.3) is 5.91 Å². The smallest absolute Gasteiger partial charge is 0.251 e. The SMILES string of the molecule is CCSc1ccc(CCNC(=O)c2ccc(NC(C)=O)cc2)cc1. The summed E-state index contributed by atoms with van der Waals surface area (Å²) in [6.45, 7) is 4.18. The predicted octanol–water partition coefficient (Wildman–Crippen LogP) is 3.73. The van der Waals surface area contributed by atoms with Gasteiger partial charge in [0.05, 0.1) is 0 Å². The molecule has 0 bridgehead atoms. The van der Waals surface area contributed by atoms with Crippen molar-refractivity contribution in [2.45, 2.75) is 25.2 Å². The van der Waals surface area contributed by atoms with Crippen LogP contribution in [-0.4, -0.2) is 24.1 Å². The van der Waals surface area contributed by atoms with Crippen LogP contribution in [0.4, 0.5) is 5.69 Å². The normalized spacial score (nSPS) is 10.2. The van der Waals surface area contributed by atoms with Crippen molar-refractivity contribution in [1.82, 2.24) is 5.32 Å². The van der Waals surface area contributed by atoms with Gasteiger partial charge in [-0.2, -0.15) is 0 Å². The first-order valence-electron chi connectivity index (χ1n) is 7.96. The summed E-state index contributed by atoms with van der Waals surface area (Å²) in [5.41, 5.74) is 2.47. The summed E-state index contributed by atoms with van der Waals surface area (Å²) in [7, 11) is 0. The number of benzene rings is 2. The van der Waals surface area contributed by atoms with Crippen LogP contribution in [-0.2, 0) is 11.2 Å². The van der Waals surface area contributed by atoms with Crippen LogP contribution in [0.3, 0.4) is 0 Å². The van der Waals surface area contributed by atoms with Crippen LogP contribution in [0.25, 0.3) is 0 Å². The fourth-order valence-corrected chi connectivity index (χ4v) is 2.91. The monoisotopic (exact) mass is 342 g/mol. The molecule has 2 aromatic carbocycles. The van der Waals surface area contributed by atoms with Crippen LogP contribution >= 0.6 is 11.8 Å². The second kappa shape index (κ2) is 9.13. The first-order chi connectivity index (χ1) is 11.6. The van der Waals surface area contributed by atoms with Gasteiger partial charge < -0.3 is 10.6 Å². The summed E-state index contributed by atoms with van der Waals surface area (Å²) >= 11 is 1.82. The Labute approximate surface area is 147 Å². The molecule has 2 aromatic rings. The number of hydrogen-bond acceptors (Lipinski definition) is 3. The lowest BCUT2D eigenvalue weighted by Crippen LogP contribution is -2.25. The number of thioether (sulfide) groups is 1. The highest BCUT2D eigenvalue weighted by Gasteiger charge is 2.05. The Morgan fingerprint density at radius 2 is 1.67 bits per heavy atom. The minimum absolute atomic E-state index is 0.109. The molecule has 0 fully saturated rings. The van der Waals surface area contributed by atoms with Gasteiger partial charge in [-0.3, -0.25) is 9.59 Å². The summed E-state index contributed by atoms with van der Waals surface area (Å²) in [6, 6.07) is 15.3. The summed E-state index contributed by atoms with van der Waals surface area (Å²) < 4.78 is 0. The minimum atomic E-state index is -0.129. The van der Waals surface area contributed by atoms with E-state index in [4.69, 9.17) is 0 Å². The van der Waals surface area contributed by atoms with Crippen molar-refractivity contribution in [1.29, 1.82) is 0 Å². The van der Waals surface area contributed by atoms with E-state index in [1.807, 2.05) is 11.8 Å². The highest BCUT2D eigenvalue weighted by molar-refractivity contribution is 7.99. The molecule has 0 aliphatic carbocycles. The molecule has 0 aliphatic heterocycles. The summed E-state index contributed by atoms with van der Waals surface area (Å²) in [5, 5.41) is 5.59. The van der Waals surface area contributed by atoms with E-state index >= 15 is 0 Å². The molecule has 0 aromatic heterocycles. The van der Waals surface area contributed by atoms with E-state index in [9.17, 15) is 9.59 Å². The van der Waals surface area contributed by atoms with Gasteiger partial charge in [0.1, 0.15) is 0 Å². The number of anilines is 1. The molecular weight excluding hydrogens is 320 g/mol. The third-order valence-electron chi connectivity index (χ3n) is 3.40. The van der Waals surface area contributed by atoms with Gasteiger partial charge >= 0.3 is 0 Å². The van der Waals surface area contributed by atoms with E-state index in [-0.39, 0.29) is 11.8 Å². The number of carbonyl (C=O) groups is 2. The maximum absolute atomic E-state index is 12.1. The molecule has 0 atom stereocenters. The predicted molar refractivity (Wildman–Crippen MR) is 99.6 cm³/mol. The second-order valence-electron chi connectivity index (χ2n) is 5.34. The Morgan fingerprint density at radius 1 is 1.00 bits per heavy atom. The quantitative estimate of drug-likeness (QED) is 0.754. The lowest BCUT2D eigenvalue weighted by atomic mass is 10.1. The van der Waals surface area contributed by atoms with Crippen molar-refractivity contribution >= 4 is 29.3 Å². The second-order valence-corrected chi connectivity index (χ2v) is 6.68. The van der Waals surface area contributed by atoms with Gasteiger partial charge in [-0.15, -0.1) is 11.8 Å². The van der Waals surface area contributed by atoms with E-state index < -0.39 is 0 Å². The Hall–Kier alpha value is -2.27. The fourth-order valence-electron chi connectivity index (χ4n) is 2.25. The topological polar surface area (TPSA) is 58.2 Å². The fraction of sp³-hybridized carbons (Fsp3) is 0.263. The highest BCUT2D eigenvalue weighted by Crippen LogP contribution is 2.17. The Bertz CT molecular complexity index is 682. The molecule has 0 aliphatic rings. The molecule has 0 saturated carbocycles. The Kier molecular flexibility index (Phi) is 6.88. The van der Waals surface area contributed by atoms with Gasteiger partial charge in [0, 0.05) is 29.6 Å². The molecule has 0 heterocycles. The molecule has 2 rings (SSSR count). The number of carbonyl (C=O) groups excluding carboxylic acids is 2. The van der Waals surface area contributed by atoms with Gasteiger partial charge in [0.15, 0.2) is 0 Å². The van der Waals surface area contributed by atoms with E-state index in [0.29, 0.717) is 17.8 Å². The number of hydrogen-bond donors (Lipinski definition) is 2. The maximum atomic E-state index is 12.1. The van der Waals surface area contributed by atoms with Crippen molar-refractivity contribution in [2.24, 2.45) is 0 Å². The maximum Gasteiger partial charge on any atom is 0.251 e. The van der Waals surface area contributed by atoms with Gasteiger partial charge in [0.2, 0.25) is 5.91 Å². The van der Waals surface area contributed by atoms with Crippen LogP contribution < -0.4 is 10.6 Å². The Balaban J connectivity index is 1.81. The lowest BCUT2D eigenvalue weighted by Gasteiger charge is -2.07. The van der Waals surface area contributed by atoms with Crippen molar-refractivity contribution < 1.29 is 9.59 Å². The van der Waals surface area contributed by atoms with Crippen LogP contribution in [0, 0.1) is 0 Å². The molecule has 0 saturated heterocycles. The van der Waals surface area contributed by atoms with Crippen molar-refractivity contribution in [3.8, 4) is 0 Å². The average Bonchev–Trinajstić information content (AvgIpc) is 2.57. The van der Waals surface area contributed by atoms with Gasteiger partial charge in [-0.25, -0.2) is 0 Å². The first kappa shape index (κ1) is 18.1. The van der Waals surface area contributed by atoms with E-state index in [1.165, 1.54) is 17.4 Å².